The summed E-state index contributed by atoms with van der Waals surface area (Å²) in [4.78, 5) is 2.60. The summed E-state index contributed by atoms with van der Waals surface area (Å²) in [5.74, 6) is 0.809. The maximum Gasteiger partial charge on any atom is 0.0589 e. The van der Waals surface area contributed by atoms with Gasteiger partial charge in [-0.3, -0.25) is 4.90 Å². The van der Waals surface area contributed by atoms with Gasteiger partial charge in [0.15, 0.2) is 0 Å². The van der Waals surface area contributed by atoms with Gasteiger partial charge in [0.25, 0.3) is 0 Å². The predicted octanol–water partition coefficient (Wildman–Crippen LogP) is 3.29. The molecular weight excluding hydrogens is 248 g/mol. The van der Waals surface area contributed by atoms with Crippen LogP contribution in [0.2, 0.25) is 0 Å². The second kappa shape index (κ2) is 10.6. The van der Waals surface area contributed by atoms with Gasteiger partial charge in [0.1, 0.15) is 0 Å². The lowest BCUT2D eigenvalue weighted by Gasteiger charge is -2.34. The number of rotatable bonds is 9. The van der Waals surface area contributed by atoms with Crippen molar-refractivity contribution >= 4 is 0 Å². The molecule has 0 aromatic carbocycles. The first kappa shape index (κ1) is 17.9. The fourth-order valence-electron chi connectivity index (χ4n) is 3.27. The highest BCUT2D eigenvalue weighted by atomic mass is 16.5. The van der Waals surface area contributed by atoms with Gasteiger partial charge in [-0.05, 0) is 45.6 Å². The first-order valence-electron chi connectivity index (χ1n) is 8.65. The number of hydrogen-bond acceptors (Lipinski definition) is 3. The lowest BCUT2D eigenvalue weighted by molar-refractivity contribution is 0.107. The molecule has 3 nitrogen and oxygen atoms in total. The third-order valence-electron chi connectivity index (χ3n) is 4.60. The van der Waals surface area contributed by atoms with E-state index in [9.17, 15) is 0 Å². The van der Waals surface area contributed by atoms with E-state index >= 15 is 0 Å². The molecule has 1 aliphatic rings. The van der Waals surface area contributed by atoms with E-state index in [1.807, 2.05) is 0 Å². The molecule has 2 unspecified atom stereocenters. The number of ether oxygens (including phenoxy) is 1. The van der Waals surface area contributed by atoms with E-state index in [0.717, 1.165) is 25.1 Å². The number of nitrogens with one attached hydrogen (secondary N) is 1. The fourth-order valence-corrected chi connectivity index (χ4v) is 3.27. The molecule has 0 heterocycles. The summed E-state index contributed by atoms with van der Waals surface area (Å²) >= 11 is 0. The van der Waals surface area contributed by atoms with Gasteiger partial charge >= 0.3 is 0 Å². The molecule has 0 aromatic heterocycles. The molecule has 1 rings (SSSR count). The standard InChI is InChI=1S/C17H36N2O/c1-5-11-18-17-10-8-6-7-9-16(17)14-19(15(2)3)12-13-20-4/h15-18H,5-14H2,1-4H3. The molecular formula is C17H36N2O. The molecule has 0 amide bonds. The van der Waals surface area contributed by atoms with Gasteiger partial charge in [0, 0.05) is 32.3 Å². The Balaban J connectivity index is 2.56. The minimum absolute atomic E-state index is 0.611. The first-order chi connectivity index (χ1) is 9.69. The molecule has 0 radical (unpaired) electrons. The zero-order chi connectivity index (χ0) is 14.8. The van der Waals surface area contributed by atoms with Crippen molar-refractivity contribution < 1.29 is 4.74 Å². The molecule has 1 aliphatic carbocycles. The van der Waals surface area contributed by atoms with Crippen molar-refractivity contribution in [3.8, 4) is 0 Å². The third-order valence-corrected chi connectivity index (χ3v) is 4.60. The Morgan fingerprint density at radius 3 is 2.60 bits per heavy atom. The van der Waals surface area contributed by atoms with Crippen LogP contribution >= 0.6 is 0 Å². The number of methoxy groups -OCH3 is 1. The summed E-state index contributed by atoms with van der Waals surface area (Å²) in [7, 11) is 1.80. The highest BCUT2D eigenvalue weighted by Crippen LogP contribution is 2.25. The van der Waals surface area contributed by atoms with Gasteiger partial charge in [-0.15, -0.1) is 0 Å². The van der Waals surface area contributed by atoms with Gasteiger partial charge in [0.05, 0.1) is 6.61 Å². The summed E-state index contributed by atoms with van der Waals surface area (Å²) in [6.45, 7) is 11.2. The maximum absolute atomic E-state index is 5.27. The van der Waals surface area contributed by atoms with Crippen molar-refractivity contribution in [1.29, 1.82) is 0 Å². The van der Waals surface area contributed by atoms with Crippen LogP contribution in [0.4, 0.5) is 0 Å². The third kappa shape index (κ3) is 6.55. The smallest absolute Gasteiger partial charge is 0.0589 e. The summed E-state index contributed by atoms with van der Waals surface area (Å²) in [5, 5.41) is 3.80. The van der Waals surface area contributed by atoms with Crippen molar-refractivity contribution in [3.05, 3.63) is 0 Å². The monoisotopic (exact) mass is 284 g/mol. The van der Waals surface area contributed by atoms with Crippen molar-refractivity contribution in [2.24, 2.45) is 5.92 Å². The van der Waals surface area contributed by atoms with E-state index < -0.39 is 0 Å². The molecule has 1 N–H and O–H groups in total. The van der Waals surface area contributed by atoms with Gasteiger partial charge in [0.2, 0.25) is 0 Å². The maximum atomic E-state index is 5.27. The van der Waals surface area contributed by atoms with Crippen LogP contribution < -0.4 is 5.32 Å². The van der Waals surface area contributed by atoms with Gasteiger partial charge < -0.3 is 10.1 Å². The van der Waals surface area contributed by atoms with Crippen molar-refractivity contribution in [2.45, 2.75) is 71.4 Å². The largest absolute Gasteiger partial charge is 0.383 e. The normalized spacial score (nSPS) is 24.3. The fraction of sp³-hybridized carbons (Fsp3) is 1.00. The van der Waals surface area contributed by atoms with E-state index in [-0.39, 0.29) is 0 Å². The lowest BCUT2D eigenvalue weighted by atomic mass is 9.93. The SMILES string of the molecule is CCCNC1CCCCCC1CN(CCOC)C(C)C. The van der Waals surface area contributed by atoms with E-state index in [1.165, 1.54) is 51.6 Å². The Morgan fingerprint density at radius 1 is 1.20 bits per heavy atom. The van der Waals surface area contributed by atoms with E-state index in [4.69, 9.17) is 4.74 Å². The summed E-state index contributed by atoms with van der Waals surface area (Å²) in [6, 6.07) is 1.33. The molecule has 1 fully saturated rings. The summed E-state index contributed by atoms with van der Waals surface area (Å²) < 4.78 is 5.27. The Bertz CT molecular complexity index is 233. The van der Waals surface area contributed by atoms with E-state index in [2.05, 4.69) is 31.0 Å². The molecule has 0 bridgehead atoms. The van der Waals surface area contributed by atoms with Crippen LogP contribution in [-0.2, 0) is 4.74 Å². The van der Waals surface area contributed by atoms with Crippen LogP contribution in [0.5, 0.6) is 0 Å². The highest BCUT2D eigenvalue weighted by molar-refractivity contribution is 4.82. The second-order valence-corrected chi connectivity index (χ2v) is 6.54. The van der Waals surface area contributed by atoms with Crippen molar-refractivity contribution in [1.82, 2.24) is 10.2 Å². The molecule has 120 valence electrons. The molecule has 0 saturated heterocycles. The van der Waals surface area contributed by atoms with Crippen molar-refractivity contribution in [2.75, 3.05) is 33.4 Å². The Kier molecular flexibility index (Phi) is 9.49. The molecule has 0 spiro atoms. The predicted molar refractivity (Wildman–Crippen MR) is 87.2 cm³/mol. The van der Waals surface area contributed by atoms with Crippen molar-refractivity contribution in [3.63, 3.8) is 0 Å². The minimum atomic E-state index is 0.611. The number of nitrogens with zero attached hydrogens (tertiary/aromatic N) is 1. The van der Waals surface area contributed by atoms with Crippen LogP contribution in [0.25, 0.3) is 0 Å². The molecule has 3 heteroatoms. The lowest BCUT2D eigenvalue weighted by Crippen LogP contribution is -2.45. The molecule has 1 saturated carbocycles. The van der Waals surface area contributed by atoms with Crippen LogP contribution in [0, 0.1) is 5.92 Å². The van der Waals surface area contributed by atoms with Gasteiger partial charge in [-0.1, -0.05) is 26.2 Å². The zero-order valence-electron chi connectivity index (χ0n) is 14.2. The average molecular weight is 284 g/mol. The second-order valence-electron chi connectivity index (χ2n) is 6.54. The molecule has 2 atom stereocenters. The topological polar surface area (TPSA) is 24.5 Å². The van der Waals surface area contributed by atoms with Gasteiger partial charge in [-0.2, -0.15) is 0 Å². The molecule has 20 heavy (non-hydrogen) atoms. The molecule has 0 aromatic rings. The average Bonchev–Trinajstić information content (AvgIpc) is 2.66. The van der Waals surface area contributed by atoms with E-state index in [0.29, 0.717) is 6.04 Å². The highest BCUT2D eigenvalue weighted by Gasteiger charge is 2.25. The van der Waals surface area contributed by atoms with E-state index in [1.54, 1.807) is 7.11 Å². The number of hydrogen-bond donors (Lipinski definition) is 1. The van der Waals surface area contributed by atoms with Crippen LogP contribution in [-0.4, -0.2) is 50.3 Å². The quantitative estimate of drug-likeness (QED) is 0.658. The Labute approximate surface area is 126 Å². The Hall–Kier alpha value is -0.120. The Morgan fingerprint density at radius 2 is 1.95 bits per heavy atom. The van der Waals surface area contributed by atoms with Crippen LogP contribution in [0.1, 0.15) is 59.3 Å². The van der Waals surface area contributed by atoms with Gasteiger partial charge in [-0.25, -0.2) is 0 Å². The minimum Gasteiger partial charge on any atom is -0.383 e. The summed E-state index contributed by atoms with van der Waals surface area (Å²) in [5.41, 5.74) is 0. The first-order valence-corrected chi connectivity index (χ1v) is 8.65. The van der Waals surface area contributed by atoms with Crippen LogP contribution in [0.15, 0.2) is 0 Å². The zero-order valence-corrected chi connectivity index (χ0v) is 14.2. The molecule has 0 aliphatic heterocycles. The van der Waals surface area contributed by atoms with Crippen LogP contribution in [0.3, 0.4) is 0 Å². The summed E-state index contributed by atoms with van der Waals surface area (Å²) in [6.07, 6.45) is 8.21.